The molecule has 0 aliphatic rings. The van der Waals surface area contributed by atoms with Gasteiger partial charge in [-0.3, -0.25) is 9.59 Å². The first-order valence-electron chi connectivity index (χ1n) is 9.16. The molecule has 0 fully saturated rings. The number of H-pyrrole nitrogens is 1. The molecule has 1 amide bonds. The van der Waals surface area contributed by atoms with Crippen LogP contribution < -0.4 is 11.1 Å². The molecule has 0 saturated heterocycles. The van der Waals surface area contributed by atoms with E-state index in [1.807, 2.05) is 0 Å². The smallest absolute Gasteiger partial charge is 0.366 e. The second-order valence-electron chi connectivity index (χ2n) is 6.83. The van der Waals surface area contributed by atoms with Crippen LogP contribution in [0.3, 0.4) is 0 Å². The van der Waals surface area contributed by atoms with E-state index in [2.05, 4.69) is 20.3 Å². The number of hydrogen-bond acceptors (Lipinski definition) is 5. The summed E-state index contributed by atoms with van der Waals surface area (Å²) in [6.45, 7) is 0. The molecule has 0 aliphatic heterocycles. The van der Waals surface area contributed by atoms with E-state index in [0.29, 0.717) is 0 Å². The lowest BCUT2D eigenvalue weighted by atomic mass is 9.99. The summed E-state index contributed by atoms with van der Waals surface area (Å²) in [5, 5.41) is 2.64. The van der Waals surface area contributed by atoms with Gasteiger partial charge in [-0.15, -0.1) is 0 Å². The summed E-state index contributed by atoms with van der Waals surface area (Å²) >= 11 is 0. The van der Waals surface area contributed by atoms with E-state index in [1.165, 1.54) is 12.1 Å². The average Bonchev–Trinajstić information content (AvgIpc) is 3.18. The van der Waals surface area contributed by atoms with Gasteiger partial charge in [0.25, 0.3) is 5.91 Å². The van der Waals surface area contributed by atoms with Gasteiger partial charge in [0.15, 0.2) is 0 Å². The highest BCUT2D eigenvalue weighted by Gasteiger charge is 2.31. The fourth-order valence-electron chi connectivity index (χ4n) is 3.23. The monoisotopic (exact) mass is 461 g/mol. The standard InChI is InChI=1S/C21H12F5N5O2/c22-13-5-4-11(18(27)33)16(23)15(13)17(32)12-7-28-19-14(12)20(30-8-29-19)31-10-3-1-2-9(6-10)21(24,25)26/h1-8H,(H2,27,33)(H2,28,29,30,31). The Morgan fingerprint density at radius 2 is 1.79 bits per heavy atom. The van der Waals surface area contributed by atoms with Crippen LogP contribution in [-0.2, 0) is 6.18 Å². The van der Waals surface area contributed by atoms with Gasteiger partial charge in [0, 0.05) is 11.9 Å². The van der Waals surface area contributed by atoms with Crippen LogP contribution in [0.15, 0.2) is 48.9 Å². The van der Waals surface area contributed by atoms with Crippen LogP contribution in [0.25, 0.3) is 11.0 Å². The number of nitrogens with two attached hydrogens (primary N) is 1. The van der Waals surface area contributed by atoms with Crippen LogP contribution in [0.4, 0.5) is 33.5 Å². The van der Waals surface area contributed by atoms with Gasteiger partial charge in [0.1, 0.15) is 29.4 Å². The molecule has 2 heterocycles. The van der Waals surface area contributed by atoms with Crippen LogP contribution in [0.5, 0.6) is 0 Å². The van der Waals surface area contributed by atoms with Crippen molar-refractivity contribution in [2.75, 3.05) is 5.32 Å². The molecule has 4 rings (SSSR count). The second kappa shape index (κ2) is 7.97. The molecule has 0 unspecified atom stereocenters. The van der Waals surface area contributed by atoms with E-state index in [9.17, 15) is 31.5 Å². The molecule has 4 N–H and O–H groups in total. The second-order valence-corrected chi connectivity index (χ2v) is 6.83. The molecule has 0 atom stereocenters. The largest absolute Gasteiger partial charge is 0.416 e. The molecular weight excluding hydrogens is 449 g/mol. The Kier molecular flexibility index (Phi) is 5.28. The van der Waals surface area contributed by atoms with Crippen LogP contribution in [-0.4, -0.2) is 26.6 Å². The molecular formula is C21H12F5N5O2. The highest BCUT2D eigenvalue weighted by molar-refractivity contribution is 6.19. The average molecular weight is 461 g/mol. The van der Waals surface area contributed by atoms with Crippen LogP contribution >= 0.6 is 0 Å². The van der Waals surface area contributed by atoms with Gasteiger partial charge >= 0.3 is 6.18 Å². The quantitative estimate of drug-likeness (QED) is 0.303. The summed E-state index contributed by atoms with van der Waals surface area (Å²) in [5.74, 6) is -5.11. The third kappa shape index (κ3) is 3.97. The van der Waals surface area contributed by atoms with Gasteiger partial charge in [-0.05, 0) is 30.3 Å². The van der Waals surface area contributed by atoms with Crippen molar-refractivity contribution in [1.29, 1.82) is 0 Å². The Labute approximate surface area is 181 Å². The maximum absolute atomic E-state index is 14.7. The Morgan fingerprint density at radius 3 is 2.48 bits per heavy atom. The number of fused-ring (bicyclic) bond motifs is 1. The summed E-state index contributed by atoms with van der Waals surface area (Å²) in [7, 11) is 0. The van der Waals surface area contributed by atoms with Gasteiger partial charge in [-0.2, -0.15) is 13.2 Å². The molecule has 2 aromatic carbocycles. The van der Waals surface area contributed by atoms with Crippen LogP contribution in [0, 0.1) is 11.6 Å². The lowest BCUT2D eigenvalue weighted by molar-refractivity contribution is -0.137. The fraction of sp³-hybridized carbons (Fsp3) is 0.0476. The predicted octanol–water partition coefficient (Wildman–Crippen LogP) is 4.33. The number of rotatable bonds is 5. The van der Waals surface area contributed by atoms with E-state index in [-0.39, 0.29) is 28.1 Å². The van der Waals surface area contributed by atoms with Crippen molar-refractivity contribution in [2.45, 2.75) is 6.18 Å². The molecule has 0 radical (unpaired) electrons. The van der Waals surface area contributed by atoms with E-state index >= 15 is 0 Å². The van der Waals surface area contributed by atoms with Crippen molar-refractivity contribution in [3.05, 3.63) is 82.8 Å². The van der Waals surface area contributed by atoms with Crippen molar-refractivity contribution >= 4 is 34.2 Å². The molecule has 168 valence electrons. The van der Waals surface area contributed by atoms with Crippen molar-refractivity contribution in [3.8, 4) is 0 Å². The molecule has 4 aromatic rings. The first kappa shape index (κ1) is 21.9. The maximum atomic E-state index is 14.7. The maximum Gasteiger partial charge on any atom is 0.416 e. The van der Waals surface area contributed by atoms with Crippen LogP contribution in [0.1, 0.15) is 31.8 Å². The summed E-state index contributed by atoms with van der Waals surface area (Å²) in [5.41, 5.74) is 2.23. The number of aromatic amines is 1. The minimum atomic E-state index is -4.59. The molecule has 2 aromatic heterocycles. The number of amides is 1. The number of hydrogen-bond donors (Lipinski definition) is 3. The topological polar surface area (TPSA) is 114 Å². The number of carbonyl (C=O) groups excluding carboxylic acids is 2. The summed E-state index contributed by atoms with van der Waals surface area (Å²) in [6, 6.07) is 5.76. The Morgan fingerprint density at radius 1 is 1.03 bits per heavy atom. The summed E-state index contributed by atoms with van der Waals surface area (Å²) in [4.78, 5) is 35.0. The number of carbonyl (C=O) groups is 2. The minimum absolute atomic E-state index is 0.00230. The van der Waals surface area contributed by atoms with E-state index in [0.717, 1.165) is 36.8 Å². The summed E-state index contributed by atoms with van der Waals surface area (Å²) < 4.78 is 68.1. The fourth-order valence-corrected chi connectivity index (χ4v) is 3.23. The highest BCUT2D eigenvalue weighted by Crippen LogP contribution is 2.33. The summed E-state index contributed by atoms with van der Waals surface area (Å²) in [6.07, 6.45) is -2.39. The molecule has 7 nitrogen and oxygen atoms in total. The van der Waals surface area contributed by atoms with Crippen LogP contribution in [0.2, 0.25) is 0 Å². The zero-order valence-electron chi connectivity index (χ0n) is 16.3. The lowest BCUT2D eigenvalue weighted by Gasteiger charge is -2.11. The first-order valence-corrected chi connectivity index (χ1v) is 9.16. The lowest BCUT2D eigenvalue weighted by Crippen LogP contribution is -2.17. The Bertz CT molecular complexity index is 1410. The normalized spacial score (nSPS) is 11.5. The van der Waals surface area contributed by atoms with Crippen molar-refractivity contribution in [3.63, 3.8) is 0 Å². The Hall–Kier alpha value is -4.35. The van der Waals surface area contributed by atoms with Gasteiger partial charge in [-0.1, -0.05) is 6.07 Å². The predicted molar refractivity (Wildman–Crippen MR) is 107 cm³/mol. The first-order chi connectivity index (χ1) is 15.6. The number of nitrogens with one attached hydrogen (secondary N) is 2. The number of primary amides is 1. The molecule has 0 aliphatic carbocycles. The number of anilines is 2. The third-order valence-corrected chi connectivity index (χ3v) is 4.75. The zero-order chi connectivity index (χ0) is 23.9. The zero-order valence-corrected chi connectivity index (χ0v) is 16.3. The number of halogens is 5. The number of aromatic nitrogens is 3. The van der Waals surface area contributed by atoms with Gasteiger partial charge < -0.3 is 16.0 Å². The number of nitrogens with zero attached hydrogens (tertiary/aromatic N) is 2. The molecule has 0 spiro atoms. The van der Waals surface area contributed by atoms with Gasteiger partial charge in [-0.25, -0.2) is 18.7 Å². The number of ketones is 1. The van der Waals surface area contributed by atoms with Crippen molar-refractivity contribution in [2.24, 2.45) is 5.73 Å². The van der Waals surface area contributed by atoms with E-state index in [1.54, 1.807) is 0 Å². The SMILES string of the molecule is NC(=O)c1ccc(F)c(C(=O)c2c[nH]c3ncnc(Nc4cccc(C(F)(F)F)c4)c23)c1F. The Balaban J connectivity index is 1.82. The number of benzene rings is 2. The highest BCUT2D eigenvalue weighted by atomic mass is 19.4. The van der Waals surface area contributed by atoms with Crippen molar-refractivity contribution < 1.29 is 31.5 Å². The molecule has 33 heavy (non-hydrogen) atoms. The molecule has 12 heteroatoms. The molecule has 0 bridgehead atoms. The number of alkyl halides is 3. The molecule has 0 saturated carbocycles. The minimum Gasteiger partial charge on any atom is -0.366 e. The van der Waals surface area contributed by atoms with Gasteiger partial charge in [0.05, 0.1) is 27.6 Å². The van der Waals surface area contributed by atoms with E-state index < -0.39 is 46.2 Å². The third-order valence-electron chi connectivity index (χ3n) is 4.75. The van der Waals surface area contributed by atoms with Crippen molar-refractivity contribution in [1.82, 2.24) is 15.0 Å². The van der Waals surface area contributed by atoms with Gasteiger partial charge in [0.2, 0.25) is 5.78 Å². The van der Waals surface area contributed by atoms with E-state index in [4.69, 9.17) is 5.73 Å².